The standard InChI is InChI=1S/C24H27N3O3/c28-24(26-10-12-29-13-11-26)23-15-21(30-20-4-2-1-3-5-20)17-27(23)16-18-6-7-22-19(14-18)8-9-25-22/h1-9,14,21,23,25H,10-13,15-17H2/t21-,23+/m0/s1. The molecule has 0 unspecified atom stereocenters. The van der Waals surface area contributed by atoms with Crippen LogP contribution in [0.25, 0.3) is 10.9 Å². The number of hydrogen-bond acceptors (Lipinski definition) is 4. The van der Waals surface area contributed by atoms with Crippen LogP contribution in [0.15, 0.2) is 60.8 Å². The van der Waals surface area contributed by atoms with Crippen molar-refractivity contribution in [2.24, 2.45) is 0 Å². The first-order valence-electron chi connectivity index (χ1n) is 10.6. The molecule has 3 heterocycles. The first-order chi connectivity index (χ1) is 14.8. The van der Waals surface area contributed by atoms with Gasteiger partial charge in [-0.3, -0.25) is 9.69 Å². The monoisotopic (exact) mass is 405 g/mol. The molecule has 6 heteroatoms. The third kappa shape index (κ3) is 4.06. The highest BCUT2D eigenvalue weighted by atomic mass is 16.5. The fourth-order valence-electron chi connectivity index (χ4n) is 4.50. The molecule has 6 nitrogen and oxygen atoms in total. The van der Waals surface area contributed by atoms with Crippen molar-refractivity contribution in [2.75, 3.05) is 32.8 Å². The van der Waals surface area contributed by atoms with E-state index in [4.69, 9.17) is 9.47 Å². The van der Waals surface area contributed by atoms with E-state index in [1.165, 1.54) is 10.9 Å². The number of aromatic nitrogens is 1. The van der Waals surface area contributed by atoms with Crippen molar-refractivity contribution in [3.05, 3.63) is 66.4 Å². The molecule has 2 aliphatic rings. The van der Waals surface area contributed by atoms with E-state index in [0.29, 0.717) is 32.7 Å². The van der Waals surface area contributed by atoms with Crippen LogP contribution in [0.2, 0.25) is 0 Å². The normalized spacial score (nSPS) is 22.5. The maximum atomic E-state index is 13.3. The van der Waals surface area contributed by atoms with Gasteiger partial charge < -0.3 is 19.4 Å². The van der Waals surface area contributed by atoms with Crippen LogP contribution in [0.3, 0.4) is 0 Å². The number of likely N-dealkylation sites (tertiary alicyclic amines) is 1. The highest BCUT2D eigenvalue weighted by Gasteiger charge is 2.40. The third-order valence-electron chi connectivity index (χ3n) is 6.02. The number of para-hydroxylation sites is 1. The van der Waals surface area contributed by atoms with E-state index in [-0.39, 0.29) is 18.1 Å². The first-order valence-corrected chi connectivity index (χ1v) is 10.6. The van der Waals surface area contributed by atoms with Crippen LogP contribution >= 0.6 is 0 Å². The molecule has 2 fully saturated rings. The molecule has 2 aliphatic heterocycles. The maximum absolute atomic E-state index is 13.3. The summed E-state index contributed by atoms with van der Waals surface area (Å²) >= 11 is 0. The number of nitrogens with one attached hydrogen (secondary N) is 1. The molecule has 0 radical (unpaired) electrons. The van der Waals surface area contributed by atoms with Gasteiger partial charge in [-0.25, -0.2) is 0 Å². The molecule has 156 valence electrons. The lowest BCUT2D eigenvalue weighted by atomic mass is 10.1. The van der Waals surface area contributed by atoms with E-state index in [1.807, 2.05) is 41.4 Å². The highest BCUT2D eigenvalue weighted by Crippen LogP contribution is 2.27. The summed E-state index contributed by atoms with van der Waals surface area (Å²) in [6.07, 6.45) is 2.66. The van der Waals surface area contributed by atoms with Gasteiger partial charge in [0.25, 0.3) is 0 Å². The molecule has 2 aromatic carbocycles. The largest absolute Gasteiger partial charge is 0.489 e. The second-order valence-corrected chi connectivity index (χ2v) is 8.07. The number of nitrogens with zero attached hydrogens (tertiary/aromatic N) is 2. The average Bonchev–Trinajstić information content (AvgIpc) is 3.41. The second kappa shape index (κ2) is 8.50. The maximum Gasteiger partial charge on any atom is 0.240 e. The van der Waals surface area contributed by atoms with Gasteiger partial charge in [0.15, 0.2) is 0 Å². The summed E-state index contributed by atoms with van der Waals surface area (Å²) in [7, 11) is 0. The van der Waals surface area contributed by atoms with Gasteiger partial charge in [0.1, 0.15) is 11.9 Å². The fraction of sp³-hybridized carbons (Fsp3) is 0.375. The van der Waals surface area contributed by atoms with E-state index in [2.05, 4.69) is 34.1 Å². The number of carbonyl (C=O) groups excluding carboxylic acids is 1. The summed E-state index contributed by atoms with van der Waals surface area (Å²) in [4.78, 5) is 20.8. The lowest BCUT2D eigenvalue weighted by Gasteiger charge is -2.32. The van der Waals surface area contributed by atoms with Crippen LogP contribution in [-0.2, 0) is 16.1 Å². The minimum atomic E-state index is -0.168. The third-order valence-corrected chi connectivity index (χ3v) is 6.02. The predicted octanol–water partition coefficient (Wildman–Crippen LogP) is 3.05. The van der Waals surface area contributed by atoms with Crippen molar-refractivity contribution >= 4 is 16.8 Å². The Morgan fingerprint density at radius 3 is 2.77 bits per heavy atom. The molecule has 30 heavy (non-hydrogen) atoms. The molecule has 5 rings (SSSR count). The average molecular weight is 405 g/mol. The number of amides is 1. The van der Waals surface area contributed by atoms with Crippen molar-refractivity contribution in [3.8, 4) is 5.75 Å². The van der Waals surface area contributed by atoms with E-state index >= 15 is 0 Å². The van der Waals surface area contributed by atoms with Gasteiger partial charge in [-0.05, 0) is 41.3 Å². The number of carbonyl (C=O) groups is 1. The number of morpholine rings is 1. The summed E-state index contributed by atoms with van der Waals surface area (Å²) in [5, 5.41) is 1.19. The van der Waals surface area contributed by atoms with E-state index in [0.717, 1.165) is 24.4 Å². The summed E-state index contributed by atoms with van der Waals surface area (Å²) in [5.41, 5.74) is 2.34. The van der Waals surface area contributed by atoms with E-state index < -0.39 is 0 Å². The molecule has 0 bridgehead atoms. The zero-order chi connectivity index (χ0) is 20.3. The van der Waals surface area contributed by atoms with Crippen molar-refractivity contribution in [3.63, 3.8) is 0 Å². The highest BCUT2D eigenvalue weighted by molar-refractivity contribution is 5.82. The van der Waals surface area contributed by atoms with Gasteiger partial charge in [0, 0.05) is 44.3 Å². The summed E-state index contributed by atoms with van der Waals surface area (Å²) in [5.74, 6) is 1.05. The van der Waals surface area contributed by atoms with Crippen LogP contribution in [0.5, 0.6) is 5.75 Å². The van der Waals surface area contributed by atoms with Gasteiger partial charge >= 0.3 is 0 Å². The Labute approximate surface area is 176 Å². The molecule has 3 aromatic rings. The number of fused-ring (bicyclic) bond motifs is 1. The summed E-state index contributed by atoms with van der Waals surface area (Å²) in [6, 6.07) is 18.2. The van der Waals surface area contributed by atoms with Crippen LogP contribution in [0.4, 0.5) is 0 Å². The van der Waals surface area contributed by atoms with Crippen LogP contribution in [0, 0.1) is 0 Å². The van der Waals surface area contributed by atoms with Crippen LogP contribution in [-0.4, -0.2) is 65.7 Å². The molecule has 2 atom stereocenters. The Morgan fingerprint density at radius 1 is 1.10 bits per heavy atom. The minimum absolute atomic E-state index is 0.00150. The molecule has 0 aliphatic carbocycles. The van der Waals surface area contributed by atoms with Gasteiger partial charge in [-0.2, -0.15) is 0 Å². The van der Waals surface area contributed by atoms with Crippen LogP contribution < -0.4 is 4.74 Å². The lowest BCUT2D eigenvalue weighted by molar-refractivity contribution is -0.140. The second-order valence-electron chi connectivity index (χ2n) is 8.07. The van der Waals surface area contributed by atoms with Crippen LogP contribution in [0.1, 0.15) is 12.0 Å². The molecular weight excluding hydrogens is 378 g/mol. The Morgan fingerprint density at radius 2 is 1.93 bits per heavy atom. The Hall–Kier alpha value is -2.83. The van der Waals surface area contributed by atoms with Crippen molar-refractivity contribution in [1.29, 1.82) is 0 Å². The van der Waals surface area contributed by atoms with Gasteiger partial charge in [0.2, 0.25) is 5.91 Å². The van der Waals surface area contributed by atoms with Gasteiger partial charge in [0.05, 0.1) is 19.3 Å². The molecule has 1 aromatic heterocycles. The Balaban J connectivity index is 1.35. The molecule has 0 saturated carbocycles. The smallest absolute Gasteiger partial charge is 0.240 e. The number of aromatic amines is 1. The SMILES string of the molecule is O=C([C@H]1C[C@H](Oc2ccccc2)CN1Cc1ccc2[nH]ccc2c1)N1CCOCC1. The zero-order valence-corrected chi connectivity index (χ0v) is 17.0. The van der Waals surface area contributed by atoms with Crippen molar-refractivity contribution in [2.45, 2.75) is 25.1 Å². The Kier molecular flexibility index (Phi) is 5.43. The predicted molar refractivity (Wildman–Crippen MR) is 115 cm³/mol. The van der Waals surface area contributed by atoms with Crippen molar-refractivity contribution < 1.29 is 14.3 Å². The molecule has 2 saturated heterocycles. The molecule has 1 amide bonds. The fourth-order valence-corrected chi connectivity index (χ4v) is 4.50. The summed E-state index contributed by atoms with van der Waals surface area (Å²) in [6.45, 7) is 4.04. The number of H-pyrrole nitrogens is 1. The zero-order valence-electron chi connectivity index (χ0n) is 17.0. The van der Waals surface area contributed by atoms with E-state index in [1.54, 1.807) is 0 Å². The first kappa shape index (κ1) is 19.2. The number of hydrogen-bond donors (Lipinski definition) is 1. The van der Waals surface area contributed by atoms with Gasteiger partial charge in [-0.15, -0.1) is 0 Å². The van der Waals surface area contributed by atoms with E-state index in [9.17, 15) is 4.79 Å². The lowest BCUT2D eigenvalue weighted by Crippen LogP contribution is -2.49. The number of ether oxygens (including phenoxy) is 2. The van der Waals surface area contributed by atoms with Crippen molar-refractivity contribution in [1.82, 2.24) is 14.8 Å². The Bertz CT molecular complexity index is 997. The topological polar surface area (TPSA) is 57.8 Å². The molecule has 1 N–H and O–H groups in total. The van der Waals surface area contributed by atoms with Gasteiger partial charge in [-0.1, -0.05) is 24.3 Å². The number of benzene rings is 2. The molecular formula is C24H27N3O3. The summed E-state index contributed by atoms with van der Waals surface area (Å²) < 4.78 is 11.7. The number of rotatable bonds is 5. The molecule has 0 spiro atoms. The minimum Gasteiger partial charge on any atom is -0.489 e. The quantitative estimate of drug-likeness (QED) is 0.709.